The molecule has 1 amide bonds. The van der Waals surface area contributed by atoms with Crippen molar-refractivity contribution in [3.63, 3.8) is 0 Å². The van der Waals surface area contributed by atoms with Crippen molar-refractivity contribution in [1.82, 2.24) is 10.3 Å². The highest BCUT2D eigenvalue weighted by molar-refractivity contribution is 5.92. The number of ether oxygens (including phenoxy) is 6. The SMILES string of the molecule is CCOC(=O)c1c[nH]c(=O)c([C@H](CC(=O)NCc2ccc3c(c2)OCO3)c2cc(OC)c3c(c2)OCO3)c1O. The van der Waals surface area contributed by atoms with Crippen molar-refractivity contribution in [2.24, 2.45) is 0 Å². The minimum Gasteiger partial charge on any atom is -0.506 e. The second-order valence-electron chi connectivity index (χ2n) is 8.69. The van der Waals surface area contributed by atoms with Gasteiger partial charge in [0.15, 0.2) is 23.0 Å². The standard InChI is InChI=1S/C27H26N2O10/c1-3-35-27(33)17-11-29-26(32)23(24(17)31)16(15-7-20(34-2)25-21(8-15)38-13-39-25)9-22(30)28-10-14-4-5-18-19(6-14)37-12-36-18/h4-8,11,16H,3,9-10,12-13H2,1-2H3,(H,28,30)(H2,29,31,32)/t16-/m1/s1. The van der Waals surface area contributed by atoms with Crippen molar-refractivity contribution in [2.45, 2.75) is 25.8 Å². The number of H-pyrrole nitrogens is 1. The third-order valence-corrected chi connectivity index (χ3v) is 6.35. The number of pyridine rings is 1. The molecule has 1 atom stereocenters. The fourth-order valence-corrected chi connectivity index (χ4v) is 4.47. The van der Waals surface area contributed by atoms with Crippen LogP contribution in [0.15, 0.2) is 41.3 Å². The molecule has 39 heavy (non-hydrogen) atoms. The number of rotatable bonds is 9. The lowest BCUT2D eigenvalue weighted by molar-refractivity contribution is -0.121. The number of nitrogens with one attached hydrogen (secondary N) is 2. The Hall–Kier alpha value is -4.87. The zero-order chi connectivity index (χ0) is 27.5. The lowest BCUT2D eigenvalue weighted by atomic mass is 9.87. The predicted molar refractivity (Wildman–Crippen MR) is 135 cm³/mol. The lowest BCUT2D eigenvalue weighted by Gasteiger charge is -2.20. The van der Waals surface area contributed by atoms with E-state index < -0.39 is 29.1 Å². The highest BCUT2D eigenvalue weighted by Crippen LogP contribution is 2.45. The number of fused-ring (bicyclic) bond motifs is 2. The molecule has 12 nitrogen and oxygen atoms in total. The zero-order valence-electron chi connectivity index (χ0n) is 21.2. The number of benzene rings is 2. The van der Waals surface area contributed by atoms with E-state index in [2.05, 4.69) is 10.3 Å². The van der Waals surface area contributed by atoms with E-state index in [0.717, 1.165) is 11.8 Å². The van der Waals surface area contributed by atoms with Crippen LogP contribution in [0.2, 0.25) is 0 Å². The second kappa shape index (κ2) is 10.9. The molecule has 204 valence electrons. The molecule has 3 N–H and O–H groups in total. The molecule has 2 aliphatic heterocycles. The van der Waals surface area contributed by atoms with Gasteiger partial charge in [-0.25, -0.2) is 4.79 Å². The Morgan fingerprint density at radius 2 is 1.85 bits per heavy atom. The van der Waals surface area contributed by atoms with Crippen LogP contribution in [0.4, 0.5) is 0 Å². The largest absolute Gasteiger partial charge is 0.506 e. The molecule has 3 aromatic rings. The minimum atomic E-state index is -0.997. The van der Waals surface area contributed by atoms with Gasteiger partial charge < -0.3 is 43.8 Å². The average Bonchev–Trinajstić information content (AvgIpc) is 3.60. The van der Waals surface area contributed by atoms with Gasteiger partial charge >= 0.3 is 5.97 Å². The molecular weight excluding hydrogens is 512 g/mol. The molecule has 0 saturated carbocycles. The van der Waals surface area contributed by atoms with Gasteiger partial charge in [-0.1, -0.05) is 6.07 Å². The highest BCUT2D eigenvalue weighted by Gasteiger charge is 2.31. The van der Waals surface area contributed by atoms with Gasteiger partial charge in [0.2, 0.25) is 25.2 Å². The van der Waals surface area contributed by atoms with E-state index in [9.17, 15) is 19.5 Å². The van der Waals surface area contributed by atoms with Crippen LogP contribution >= 0.6 is 0 Å². The van der Waals surface area contributed by atoms with Gasteiger partial charge in [-0.3, -0.25) is 9.59 Å². The first-order chi connectivity index (χ1) is 18.9. The van der Waals surface area contributed by atoms with E-state index in [-0.39, 0.29) is 44.3 Å². The maximum Gasteiger partial charge on any atom is 0.343 e. The molecule has 0 unspecified atom stereocenters. The van der Waals surface area contributed by atoms with Crippen LogP contribution in [0, 0.1) is 0 Å². The number of aromatic nitrogens is 1. The summed E-state index contributed by atoms with van der Waals surface area (Å²) in [6.07, 6.45) is 0.826. The number of esters is 1. The second-order valence-corrected chi connectivity index (χ2v) is 8.69. The lowest BCUT2D eigenvalue weighted by Crippen LogP contribution is -2.27. The maximum absolute atomic E-state index is 13.2. The van der Waals surface area contributed by atoms with E-state index >= 15 is 0 Å². The van der Waals surface area contributed by atoms with Crippen LogP contribution in [-0.2, 0) is 16.1 Å². The minimum absolute atomic E-state index is 0.0278. The fourth-order valence-electron chi connectivity index (χ4n) is 4.47. The molecule has 0 saturated heterocycles. The van der Waals surface area contributed by atoms with Gasteiger partial charge in [0.05, 0.1) is 19.3 Å². The first-order valence-electron chi connectivity index (χ1n) is 12.1. The molecule has 1 aromatic heterocycles. The van der Waals surface area contributed by atoms with Gasteiger partial charge in [0.1, 0.15) is 11.3 Å². The molecule has 3 heterocycles. The average molecular weight is 539 g/mol. The van der Waals surface area contributed by atoms with E-state index in [1.165, 1.54) is 7.11 Å². The summed E-state index contributed by atoms with van der Waals surface area (Å²) >= 11 is 0. The maximum atomic E-state index is 13.2. The summed E-state index contributed by atoms with van der Waals surface area (Å²) in [5.74, 6) is -0.555. The molecule has 5 rings (SSSR count). The van der Waals surface area contributed by atoms with Crippen molar-refractivity contribution in [1.29, 1.82) is 0 Å². The number of carbonyl (C=O) groups excluding carboxylic acids is 2. The quantitative estimate of drug-likeness (QED) is 0.346. The van der Waals surface area contributed by atoms with Crippen LogP contribution in [-0.4, -0.2) is 49.3 Å². The number of aromatic amines is 1. The van der Waals surface area contributed by atoms with Crippen molar-refractivity contribution >= 4 is 11.9 Å². The highest BCUT2D eigenvalue weighted by atomic mass is 16.7. The van der Waals surface area contributed by atoms with Gasteiger partial charge in [-0.2, -0.15) is 0 Å². The fraction of sp³-hybridized carbons (Fsp3) is 0.296. The van der Waals surface area contributed by atoms with E-state index in [1.807, 2.05) is 0 Å². The zero-order valence-corrected chi connectivity index (χ0v) is 21.2. The Bertz CT molecular complexity index is 1480. The van der Waals surface area contributed by atoms with Crippen LogP contribution in [0.5, 0.6) is 34.5 Å². The Balaban J connectivity index is 1.49. The normalized spacial score (nSPS) is 13.6. The number of aromatic hydroxyl groups is 1. The summed E-state index contributed by atoms with van der Waals surface area (Å²) in [4.78, 5) is 41.2. The summed E-state index contributed by atoms with van der Waals surface area (Å²) < 4.78 is 32.1. The molecule has 0 spiro atoms. The molecule has 2 aromatic carbocycles. The number of amides is 1. The number of hydrogen-bond donors (Lipinski definition) is 3. The number of methoxy groups -OCH3 is 1. The molecule has 0 fully saturated rings. The Morgan fingerprint density at radius 3 is 2.64 bits per heavy atom. The van der Waals surface area contributed by atoms with Crippen molar-refractivity contribution in [3.8, 4) is 34.5 Å². The summed E-state index contributed by atoms with van der Waals surface area (Å²) in [6, 6.07) is 8.52. The molecule has 0 aliphatic carbocycles. The summed E-state index contributed by atoms with van der Waals surface area (Å²) in [5, 5.41) is 13.9. The van der Waals surface area contributed by atoms with Crippen LogP contribution in [0.25, 0.3) is 0 Å². The predicted octanol–water partition coefficient (Wildman–Crippen LogP) is 2.56. The summed E-state index contributed by atoms with van der Waals surface area (Å²) in [7, 11) is 1.44. The van der Waals surface area contributed by atoms with Gasteiger partial charge in [0, 0.05) is 25.1 Å². The Morgan fingerprint density at radius 1 is 1.08 bits per heavy atom. The van der Waals surface area contributed by atoms with Crippen LogP contribution in [0.1, 0.15) is 46.3 Å². The molecular formula is C27H26N2O10. The van der Waals surface area contributed by atoms with Crippen molar-refractivity contribution < 1.29 is 43.1 Å². The first-order valence-corrected chi connectivity index (χ1v) is 12.1. The molecule has 0 radical (unpaired) electrons. The Labute approximate surface area is 222 Å². The Kier molecular flexibility index (Phi) is 7.17. The van der Waals surface area contributed by atoms with Gasteiger partial charge in [-0.05, 0) is 42.3 Å². The topological polar surface area (TPSA) is 155 Å². The van der Waals surface area contributed by atoms with Crippen LogP contribution in [0.3, 0.4) is 0 Å². The monoisotopic (exact) mass is 538 g/mol. The number of hydrogen-bond acceptors (Lipinski definition) is 10. The van der Waals surface area contributed by atoms with Crippen molar-refractivity contribution in [3.05, 3.63) is 69.1 Å². The first kappa shape index (κ1) is 25.8. The third-order valence-electron chi connectivity index (χ3n) is 6.35. The molecule has 12 heteroatoms. The van der Waals surface area contributed by atoms with E-state index in [1.54, 1.807) is 37.3 Å². The third kappa shape index (κ3) is 5.13. The van der Waals surface area contributed by atoms with Gasteiger partial charge in [0.25, 0.3) is 5.56 Å². The van der Waals surface area contributed by atoms with E-state index in [4.69, 9.17) is 28.4 Å². The smallest absolute Gasteiger partial charge is 0.343 e. The summed E-state index contributed by atoms with van der Waals surface area (Å²) in [6.45, 7) is 1.97. The summed E-state index contributed by atoms with van der Waals surface area (Å²) in [5.41, 5.74) is 0.116. The van der Waals surface area contributed by atoms with E-state index in [0.29, 0.717) is 34.3 Å². The van der Waals surface area contributed by atoms with Crippen molar-refractivity contribution in [2.75, 3.05) is 27.3 Å². The van der Waals surface area contributed by atoms with Crippen LogP contribution < -0.4 is 34.6 Å². The molecule has 2 aliphatic rings. The van der Waals surface area contributed by atoms with Gasteiger partial charge in [-0.15, -0.1) is 0 Å². The molecule has 0 bridgehead atoms. The number of carbonyl (C=O) groups is 2.